The summed E-state index contributed by atoms with van der Waals surface area (Å²) in [7, 11) is 0. The molecule has 120 valence electrons. The maximum Gasteiger partial charge on any atom is 0.271 e. The molecule has 23 heavy (non-hydrogen) atoms. The highest BCUT2D eigenvalue weighted by atomic mass is 32.1. The molecule has 1 aromatic heterocycles. The number of nitrogens with one attached hydrogen (secondary N) is 2. The molecule has 8 heteroatoms. The minimum absolute atomic E-state index is 0.0320. The van der Waals surface area contributed by atoms with Gasteiger partial charge in [0.25, 0.3) is 5.91 Å². The third-order valence-electron chi connectivity index (χ3n) is 2.94. The zero-order chi connectivity index (χ0) is 17.0. The standard InChI is InChI=1S/C15H14F2N4OS/c1-8(2)12(6-18)20-14(22)13-7-23-15(21-13)19-11-4-9(16)3-10(17)5-11/h3-5,7-8,12H,1-2H3,(H,19,21)(H,20,22)/t12-/m0/s1. The van der Waals surface area contributed by atoms with Crippen molar-refractivity contribution in [2.75, 3.05) is 5.32 Å². The van der Waals surface area contributed by atoms with E-state index in [0.29, 0.717) is 5.13 Å². The summed E-state index contributed by atoms with van der Waals surface area (Å²) in [6.07, 6.45) is 0. The second-order valence-electron chi connectivity index (χ2n) is 5.15. The highest BCUT2D eigenvalue weighted by molar-refractivity contribution is 7.14. The molecule has 2 rings (SSSR count). The van der Waals surface area contributed by atoms with Crippen LogP contribution in [0.15, 0.2) is 23.6 Å². The van der Waals surface area contributed by atoms with Gasteiger partial charge in [0, 0.05) is 17.1 Å². The third kappa shape index (κ3) is 4.47. The van der Waals surface area contributed by atoms with Gasteiger partial charge in [-0.05, 0) is 18.1 Å². The summed E-state index contributed by atoms with van der Waals surface area (Å²) in [5, 5.41) is 16.1. The first-order valence-corrected chi connectivity index (χ1v) is 7.66. The maximum absolute atomic E-state index is 13.1. The van der Waals surface area contributed by atoms with E-state index in [1.54, 1.807) is 0 Å². The normalized spacial score (nSPS) is 11.8. The number of halogens is 2. The van der Waals surface area contributed by atoms with Crippen LogP contribution in [0.3, 0.4) is 0 Å². The van der Waals surface area contributed by atoms with Crippen LogP contribution in [0.1, 0.15) is 24.3 Å². The summed E-state index contributed by atoms with van der Waals surface area (Å²) in [6, 6.07) is 4.40. The molecule has 0 spiro atoms. The maximum atomic E-state index is 13.1. The molecule has 1 aromatic carbocycles. The van der Waals surface area contributed by atoms with Crippen molar-refractivity contribution < 1.29 is 13.6 Å². The zero-order valence-electron chi connectivity index (χ0n) is 12.4. The summed E-state index contributed by atoms with van der Waals surface area (Å²) >= 11 is 1.12. The number of carbonyl (C=O) groups excluding carboxylic acids is 1. The van der Waals surface area contributed by atoms with Gasteiger partial charge < -0.3 is 10.6 Å². The van der Waals surface area contributed by atoms with Crippen LogP contribution in [-0.4, -0.2) is 16.9 Å². The fraction of sp³-hybridized carbons (Fsp3) is 0.267. The number of nitriles is 1. The fourth-order valence-corrected chi connectivity index (χ4v) is 2.46. The number of anilines is 2. The fourth-order valence-electron chi connectivity index (χ4n) is 1.75. The molecule has 2 aromatic rings. The number of aromatic nitrogens is 1. The highest BCUT2D eigenvalue weighted by Gasteiger charge is 2.18. The lowest BCUT2D eigenvalue weighted by atomic mass is 10.1. The van der Waals surface area contributed by atoms with E-state index in [1.165, 1.54) is 5.38 Å². The van der Waals surface area contributed by atoms with Crippen LogP contribution in [0.25, 0.3) is 0 Å². The SMILES string of the molecule is CC(C)[C@H](C#N)NC(=O)c1csc(Nc2cc(F)cc(F)c2)n1. The predicted octanol–water partition coefficient (Wildman–Crippen LogP) is 3.44. The van der Waals surface area contributed by atoms with E-state index >= 15 is 0 Å². The van der Waals surface area contributed by atoms with Gasteiger partial charge in [0.15, 0.2) is 5.13 Å². The Bertz CT molecular complexity index is 734. The van der Waals surface area contributed by atoms with Gasteiger partial charge in [0.05, 0.1) is 6.07 Å². The van der Waals surface area contributed by atoms with E-state index < -0.39 is 23.6 Å². The van der Waals surface area contributed by atoms with Crippen molar-refractivity contribution in [2.45, 2.75) is 19.9 Å². The minimum atomic E-state index is -0.712. The zero-order valence-corrected chi connectivity index (χ0v) is 13.2. The first kappa shape index (κ1) is 16.8. The van der Waals surface area contributed by atoms with E-state index in [1.807, 2.05) is 19.9 Å². The van der Waals surface area contributed by atoms with E-state index in [4.69, 9.17) is 5.26 Å². The Morgan fingerprint density at radius 2 is 1.96 bits per heavy atom. The Morgan fingerprint density at radius 1 is 1.30 bits per heavy atom. The number of nitrogens with zero attached hydrogens (tertiary/aromatic N) is 2. The Kier molecular flexibility index (Phi) is 5.24. The van der Waals surface area contributed by atoms with Crippen molar-refractivity contribution in [3.05, 3.63) is 40.9 Å². The molecule has 1 amide bonds. The number of rotatable bonds is 5. The predicted molar refractivity (Wildman–Crippen MR) is 83.5 cm³/mol. The molecule has 2 N–H and O–H groups in total. The summed E-state index contributed by atoms with van der Waals surface area (Å²) < 4.78 is 26.3. The number of amides is 1. The summed E-state index contributed by atoms with van der Waals surface area (Å²) in [5.41, 5.74) is 0.330. The lowest BCUT2D eigenvalue weighted by molar-refractivity contribution is 0.0933. The van der Waals surface area contributed by atoms with Crippen LogP contribution >= 0.6 is 11.3 Å². The number of benzene rings is 1. The molecular weight excluding hydrogens is 322 g/mol. The first-order valence-electron chi connectivity index (χ1n) is 6.78. The molecule has 0 saturated heterocycles. The molecule has 5 nitrogen and oxygen atoms in total. The highest BCUT2D eigenvalue weighted by Crippen LogP contribution is 2.22. The molecular formula is C15H14F2N4OS. The van der Waals surface area contributed by atoms with Gasteiger partial charge in [-0.3, -0.25) is 4.79 Å². The van der Waals surface area contributed by atoms with Crippen molar-refractivity contribution in [1.82, 2.24) is 10.3 Å². The Labute approximate surface area is 136 Å². The van der Waals surface area contributed by atoms with Crippen molar-refractivity contribution in [2.24, 2.45) is 5.92 Å². The number of carbonyl (C=O) groups is 1. The average molecular weight is 336 g/mol. The monoisotopic (exact) mass is 336 g/mol. The van der Waals surface area contributed by atoms with Gasteiger partial charge in [0.1, 0.15) is 23.4 Å². The van der Waals surface area contributed by atoms with Gasteiger partial charge in [-0.2, -0.15) is 5.26 Å². The molecule has 0 aliphatic heterocycles. The van der Waals surface area contributed by atoms with Crippen LogP contribution < -0.4 is 10.6 Å². The Morgan fingerprint density at radius 3 is 2.52 bits per heavy atom. The summed E-state index contributed by atoms with van der Waals surface area (Å²) in [4.78, 5) is 16.1. The van der Waals surface area contributed by atoms with Crippen LogP contribution in [0.4, 0.5) is 19.6 Å². The van der Waals surface area contributed by atoms with Crippen molar-refractivity contribution in [1.29, 1.82) is 5.26 Å². The topological polar surface area (TPSA) is 77.8 Å². The Balaban J connectivity index is 2.08. The number of hydrogen-bond donors (Lipinski definition) is 2. The molecule has 0 saturated carbocycles. The Hall–Kier alpha value is -2.53. The number of thiazole rings is 1. The molecule has 0 fully saturated rings. The van der Waals surface area contributed by atoms with E-state index in [-0.39, 0.29) is 17.3 Å². The van der Waals surface area contributed by atoms with Gasteiger partial charge in [-0.15, -0.1) is 11.3 Å². The van der Waals surface area contributed by atoms with Gasteiger partial charge in [0.2, 0.25) is 0 Å². The quantitative estimate of drug-likeness (QED) is 0.877. The van der Waals surface area contributed by atoms with Gasteiger partial charge in [-0.25, -0.2) is 13.8 Å². The summed E-state index contributed by atoms with van der Waals surface area (Å²) in [5.74, 6) is -1.93. The van der Waals surface area contributed by atoms with Crippen LogP contribution in [0.5, 0.6) is 0 Å². The largest absolute Gasteiger partial charge is 0.335 e. The van der Waals surface area contributed by atoms with Crippen molar-refractivity contribution >= 4 is 28.1 Å². The second kappa shape index (κ2) is 7.15. The third-order valence-corrected chi connectivity index (χ3v) is 3.70. The van der Waals surface area contributed by atoms with Gasteiger partial charge >= 0.3 is 0 Å². The molecule has 0 bridgehead atoms. The first-order chi connectivity index (χ1) is 10.9. The van der Waals surface area contributed by atoms with E-state index in [0.717, 1.165) is 29.5 Å². The van der Waals surface area contributed by atoms with Crippen molar-refractivity contribution in [3.63, 3.8) is 0 Å². The average Bonchev–Trinajstić information content (AvgIpc) is 2.91. The molecule has 0 aliphatic carbocycles. The lowest BCUT2D eigenvalue weighted by Gasteiger charge is -2.13. The summed E-state index contributed by atoms with van der Waals surface area (Å²) in [6.45, 7) is 3.64. The molecule has 1 heterocycles. The van der Waals surface area contributed by atoms with E-state index in [2.05, 4.69) is 15.6 Å². The minimum Gasteiger partial charge on any atom is -0.335 e. The van der Waals surface area contributed by atoms with Crippen molar-refractivity contribution in [3.8, 4) is 6.07 Å². The number of hydrogen-bond acceptors (Lipinski definition) is 5. The molecule has 1 atom stereocenters. The van der Waals surface area contributed by atoms with Crippen LogP contribution in [0, 0.1) is 28.9 Å². The van der Waals surface area contributed by atoms with E-state index in [9.17, 15) is 13.6 Å². The molecule has 0 radical (unpaired) electrons. The van der Waals surface area contributed by atoms with Crippen LogP contribution in [0.2, 0.25) is 0 Å². The smallest absolute Gasteiger partial charge is 0.271 e. The molecule has 0 aliphatic rings. The second-order valence-corrected chi connectivity index (χ2v) is 6.00. The van der Waals surface area contributed by atoms with Gasteiger partial charge in [-0.1, -0.05) is 13.8 Å². The molecule has 0 unspecified atom stereocenters. The van der Waals surface area contributed by atoms with Crippen LogP contribution in [-0.2, 0) is 0 Å². The lowest BCUT2D eigenvalue weighted by Crippen LogP contribution is -2.37.